The zero-order valence-electron chi connectivity index (χ0n) is 10.8. The van der Waals surface area contributed by atoms with E-state index in [1.165, 1.54) is 5.69 Å². The lowest BCUT2D eigenvalue weighted by Crippen LogP contribution is -2.26. The van der Waals surface area contributed by atoms with E-state index in [9.17, 15) is 0 Å². The fourth-order valence-corrected chi connectivity index (χ4v) is 2.28. The molecule has 0 saturated carbocycles. The number of nitrogens with zero attached hydrogens (tertiary/aromatic N) is 1. The van der Waals surface area contributed by atoms with Gasteiger partial charge >= 0.3 is 0 Å². The molecule has 1 saturated heterocycles. The van der Waals surface area contributed by atoms with Crippen molar-refractivity contribution in [3.05, 3.63) is 60.7 Å². The van der Waals surface area contributed by atoms with Gasteiger partial charge < -0.3 is 15.0 Å². The van der Waals surface area contributed by atoms with E-state index in [4.69, 9.17) is 4.74 Å². The molecule has 3 nitrogen and oxygen atoms in total. The highest BCUT2D eigenvalue weighted by Crippen LogP contribution is 2.19. The van der Waals surface area contributed by atoms with Gasteiger partial charge in [0.25, 0.3) is 0 Å². The Morgan fingerprint density at radius 2 is 1.68 bits per heavy atom. The van der Waals surface area contributed by atoms with Gasteiger partial charge in [-0.3, -0.25) is 0 Å². The fourth-order valence-electron chi connectivity index (χ4n) is 2.28. The van der Waals surface area contributed by atoms with Gasteiger partial charge in [-0.2, -0.15) is 0 Å². The zero-order chi connectivity index (χ0) is 12.9. The molecule has 1 atom stereocenters. The van der Waals surface area contributed by atoms with Crippen molar-refractivity contribution in [2.45, 2.75) is 6.10 Å². The highest BCUT2D eigenvalue weighted by molar-refractivity contribution is 5.47. The first kappa shape index (κ1) is 12.1. The van der Waals surface area contributed by atoms with E-state index in [2.05, 4.69) is 46.6 Å². The normalized spacial score (nSPS) is 18.5. The molecule has 0 aromatic heterocycles. The summed E-state index contributed by atoms with van der Waals surface area (Å²) in [6.07, 6.45) is 0.236. The second kappa shape index (κ2) is 5.76. The van der Waals surface area contributed by atoms with Crippen molar-refractivity contribution in [2.24, 2.45) is 0 Å². The number of ether oxygens (including phenoxy) is 1. The van der Waals surface area contributed by atoms with Gasteiger partial charge in [-0.1, -0.05) is 36.4 Å². The summed E-state index contributed by atoms with van der Waals surface area (Å²) in [4.78, 5) is 2.26. The number of rotatable bonds is 4. The number of hydrogen-bond acceptors (Lipinski definition) is 3. The molecule has 3 rings (SSSR count). The minimum atomic E-state index is 0.236. The summed E-state index contributed by atoms with van der Waals surface area (Å²) in [7, 11) is 0. The predicted molar refractivity (Wildman–Crippen MR) is 78.5 cm³/mol. The van der Waals surface area contributed by atoms with Crippen LogP contribution in [-0.4, -0.2) is 25.9 Å². The lowest BCUT2D eigenvalue weighted by Gasteiger charge is -2.16. The highest BCUT2D eigenvalue weighted by Gasteiger charge is 2.22. The van der Waals surface area contributed by atoms with Gasteiger partial charge in [0, 0.05) is 24.5 Å². The summed E-state index contributed by atoms with van der Waals surface area (Å²) < 4.78 is 5.81. The molecule has 19 heavy (non-hydrogen) atoms. The van der Waals surface area contributed by atoms with Gasteiger partial charge in [0.05, 0.1) is 6.10 Å². The third-order valence-corrected chi connectivity index (χ3v) is 3.32. The van der Waals surface area contributed by atoms with Crippen molar-refractivity contribution in [1.82, 2.24) is 0 Å². The van der Waals surface area contributed by atoms with E-state index in [0.29, 0.717) is 6.73 Å². The molecule has 1 aliphatic rings. The number of benzene rings is 2. The van der Waals surface area contributed by atoms with Crippen molar-refractivity contribution in [2.75, 3.05) is 30.0 Å². The molecular formula is C16H18N2O. The number of para-hydroxylation sites is 2. The van der Waals surface area contributed by atoms with Crippen molar-refractivity contribution in [3.8, 4) is 0 Å². The molecule has 1 aliphatic heterocycles. The molecule has 2 aromatic carbocycles. The Morgan fingerprint density at radius 3 is 2.42 bits per heavy atom. The molecule has 0 spiro atoms. The van der Waals surface area contributed by atoms with E-state index >= 15 is 0 Å². The van der Waals surface area contributed by atoms with Crippen LogP contribution >= 0.6 is 0 Å². The van der Waals surface area contributed by atoms with Crippen LogP contribution in [0.25, 0.3) is 0 Å². The summed E-state index contributed by atoms with van der Waals surface area (Å²) >= 11 is 0. The maximum absolute atomic E-state index is 5.81. The second-order valence-corrected chi connectivity index (χ2v) is 4.72. The van der Waals surface area contributed by atoms with E-state index in [1.54, 1.807) is 0 Å². The minimum absolute atomic E-state index is 0.236. The SMILES string of the molecule is c1ccc(NCC2CN(c3ccccc3)CO2)cc1. The van der Waals surface area contributed by atoms with Crippen molar-refractivity contribution < 1.29 is 4.74 Å². The van der Waals surface area contributed by atoms with Crippen LogP contribution < -0.4 is 10.2 Å². The third kappa shape index (κ3) is 3.06. The molecule has 0 aliphatic carbocycles. The van der Waals surface area contributed by atoms with E-state index in [-0.39, 0.29) is 6.10 Å². The number of hydrogen-bond donors (Lipinski definition) is 1. The Labute approximate surface area is 113 Å². The predicted octanol–water partition coefficient (Wildman–Crippen LogP) is 2.96. The van der Waals surface area contributed by atoms with Crippen molar-refractivity contribution in [3.63, 3.8) is 0 Å². The summed E-state index contributed by atoms with van der Waals surface area (Å²) in [6, 6.07) is 20.6. The molecular weight excluding hydrogens is 236 g/mol. The average Bonchev–Trinajstić information content (AvgIpc) is 2.96. The fraction of sp³-hybridized carbons (Fsp3) is 0.250. The Balaban J connectivity index is 1.52. The molecule has 0 amide bonds. The van der Waals surface area contributed by atoms with Crippen LogP contribution in [0.5, 0.6) is 0 Å². The lowest BCUT2D eigenvalue weighted by molar-refractivity contribution is 0.126. The highest BCUT2D eigenvalue weighted by atomic mass is 16.5. The maximum Gasteiger partial charge on any atom is 0.119 e. The zero-order valence-corrected chi connectivity index (χ0v) is 10.8. The smallest absolute Gasteiger partial charge is 0.119 e. The van der Waals surface area contributed by atoms with Crippen LogP contribution in [0, 0.1) is 0 Å². The standard InChI is InChI=1S/C16H18N2O/c1-3-7-14(8-4-1)17-11-16-12-18(13-19-16)15-9-5-2-6-10-15/h1-10,16-17H,11-13H2. The number of anilines is 2. The number of nitrogens with one attached hydrogen (secondary N) is 1. The average molecular weight is 254 g/mol. The van der Waals surface area contributed by atoms with Crippen LogP contribution in [0.3, 0.4) is 0 Å². The van der Waals surface area contributed by atoms with Gasteiger partial charge in [0.1, 0.15) is 6.73 Å². The van der Waals surface area contributed by atoms with Crippen LogP contribution in [0.4, 0.5) is 11.4 Å². The largest absolute Gasteiger partial charge is 0.382 e. The van der Waals surface area contributed by atoms with Crippen molar-refractivity contribution in [1.29, 1.82) is 0 Å². The Kier molecular flexibility index (Phi) is 3.65. The topological polar surface area (TPSA) is 24.5 Å². The third-order valence-electron chi connectivity index (χ3n) is 3.32. The van der Waals surface area contributed by atoms with Crippen LogP contribution in [0.2, 0.25) is 0 Å². The molecule has 2 aromatic rings. The molecule has 1 unspecified atom stereocenters. The van der Waals surface area contributed by atoms with Gasteiger partial charge in [-0.15, -0.1) is 0 Å². The first-order chi connectivity index (χ1) is 9.42. The Morgan fingerprint density at radius 1 is 1.00 bits per heavy atom. The van der Waals surface area contributed by atoms with E-state index in [0.717, 1.165) is 18.8 Å². The second-order valence-electron chi connectivity index (χ2n) is 4.72. The van der Waals surface area contributed by atoms with Gasteiger partial charge in [-0.25, -0.2) is 0 Å². The molecule has 1 fully saturated rings. The molecule has 98 valence electrons. The summed E-state index contributed by atoms with van der Waals surface area (Å²) in [6.45, 7) is 2.45. The van der Waals surface area contributed by atoms with E-state index in [1.807, 2.05) is 24.3 Å². The molecule has 0 radical (unpaired) electrons. The molecule has 1 heterocycles. The van der Waals surface area contributed by atoms with Gasteiger partial charge in [-0.05, 0) is 24.3 Å². The molecule has 1 N–H and O–H groups in total. The van der Waals surface area contributed by atoms with Crippen LogP contribution in [-0.2, 0) is 4.74 Å². The van der Waals surface area contributed by atoms with Crippen LogP contribution in [0.15, 0.2) is 60.7 Å². The maximum atomic E-state index is 5.81. The Bertz CT molecular complexity index is 501. The van der Waals surface area contributed by atoms with Crippen LogP contribution in [0.1, 0.15) is 0 Å². The monoisotopic (exact) mass is 254 g/mol. The summed E-state index contributed by atoms with van der Waals surface area (Å²) in [5.41, 5.74) is 2.37. The summed E-state index contributed by atoms with van der Waals surface area (Å²) in [5.74, 6) is 0. The first-order valence-electron chi connectivity index (χ1n) is 6.62. The molecule has 3 heteroatoms. The minimum Gasteiger partial charge on any atom is -0.382 e. The lowest BCUT2D eigenvalue weighted by atomic mass is 10.2. The molecule has 0 bridgehead atoms. The van der Waals surface area contributed by atoms with Gasteiger partial charge in [0.15, 0.2) is 0 Å². The Hall–Kier alpha value is -2.00. The quantitative estimate of drug-likeness (QED) is 0.908. The van der Waals surface area contributed by atoms with E-state index < -0.39 is 0 Å². The van der Waals surface area contributed by atoms with Gasteiger partial charge in [0.2, 0.25) is 0 Å². The summed E-state index contributed by atoms with van der Waals surface area (Å²) in [5, 5.41) is 3.41. The first-order valence-corrected chi connectivity index (χ1v) is 6.62. The van der Waals surface area contributed by atoms with Crippen molar-refractivity contribution >= 4 is 11.4 Å².